The van der Waals surface area contributed by atoms with Crippen molar-refractivity contribution in [2.45, 2.75) is 24.5 Å². The van der Waals surface area contributed by atoms with Crippen LogP contribution in [0.3, 0.4) is 0 Å². The summed E-state index contributed by atoms with van der Waals surface area (Å²) in [6.45, 7) is 3.05. The highest BCUT2D eigenvalue weighted by Gasteiger charge is 2.31. The number of anilines is 1. The molecule has 0 atom stereocenters. The molecule has 0 spiro atoms. The smallest absolute Gasteiger partial charge is 0.262 e. The summed E-state index contributed by atoms with van der Waals surface area (Å²) in [4.78, 5) is 4.53. The predicted octanol–water partition coefficient (Wildman–Crippen LogP) is 0.369. The zero-order valence-corrected chi connectivity index (χ0v) is 12.5. The number of aromatic nitrogens is 2. The molecule has 2 aromatic rings. The van der Waals surface area contributed by atoms with Gasteiger partial charge in [-0.3, -0.25) is 4.40 Å². The largest absolute Gasteiger partial charge is 0.389 e. The van der Waals surface area contributed by atoms with Gasteiger partial charge < -0.3 is 10.8 Å². The second kappa shape index (κ2) is 4.44. The number of imidazole rings is 1. The standard InChI is InChI=1S/C10H16N4O3S2/c1-10(2,15)6-13(3)19(16,17)8-7(11)12-9-14(8)4-5-18-9/h4-5,15H,6,11H2,1-3H3. The van der Waals surface area contributed by atoms with Crippen molar-refractivity contribution in [3.8, 4) is 0 Å². The van der Waals surface area contributed by atoms with Gasteiger partial charge in [-0.15, -0.1) is 11.3 Å². The predicted molar refractivity (Wildman–Crippen MR) is 73.6 cm³/mol. The Hall–Kier alpha value is -1.16. The lowest BCUT2D eigenvalue weighted by atomic mass is 10.1. The average molecular weight is 304 g/mol. The molecule has 0 saturated heterocycles. The van der Waals surface area contributed by atoms with Crippen LogP contribution in [0.25, 0.3) is 4.96 Å². The highest BCUT2D eigenvalue weighted by molar-refractivity contribution is 7.89. The van der Waals surface area contributed by atoms with Gasteiger partial charge >= 0.3 is 0 Å². The molecule has 0 saturated carbocycles. The third-order valence-electron chi connectivity index (χ3n) is 2.51. The number of thiazole rings is 1. The van der Waals surface area contributed by atoms with Gasteiger partial charge in [-0.25, -0.2) is 13.4 Å². The van der Waals surface area contributed by atoms with Crippen LogP contribution in [0.2, 0.25) is 0 Å². The molecule has 3 N–H and O–H groups in total. The number of sulfonamides is 1. The van der Waals surface area contributed by atoms with Gasteiger partial charge in [-0.1, -0.05) is 0 Å². The molecule has 0 aromatic carbocycles. The molecule has 7 nitrogen and oxygen atoms in total. The second-order valence-electron chi connectivity index (χ2n) is 4.93. The summed E-state index contributed by atoms with van der Waals surface area (Å²) >= 11 is 1.30. The maximum absolute atomic E-state index is 12.5. The van der Waals surface area contributed by atoms with Gasteiger partial charge in [0.25, 0.3) is 10.0 Å². The Balaban J connectivity index is 2.50. The number of hydrogen-bond donors (Lipinski definition) is 2. The molecule has 2 heterocycles. The maximum Gasteiger partial charge on any atom is 0.262 e. The van der Waals surface area contributed by atoms with E-state index in [-0.39, 0.29) is 17.4 Å². The highest BCUT2D eigenvalue weighted by atomic mass is 32.2. The first-order valence-electron chi connectivity index (χ1n) is 5.53. The molecular formula is C10H16N4O3S2. The van der Waals surface area contributed by atoms with Crippen LogP contribution in [0, 0.1) is 0 Å². The third-order valence-corrected chi connectivity index (χ3v) is 5.11. The summed E-state index contributed by atoms with van der Waals surface area (Å²) < 4.78 is 27.5. The quantitative estimate of drug-likeness (QED) is 0.850. The Morgan fingerprint density at radius 3 is 2.79 bits per heavy atom. The lowest BCUT2D eigenvalue weighted by Crippen LogP contribution is -2.40. The number of rotatable bonds is 4. The topological polar surface area (TPSA) is 101 Å². The number of nitrogen functional groups attached to an aromatic ring is 1. The van der Waals surface area contributed by atoms with Crippen LogP contribution in [0.4, 0.5) is 5.82 Å². The first-order valence-corrected chi connectivity index (χ1v) is 7.84. The van der Waals surface area contributed by atoms with Crippen LogP contribution in [0.5, 0.6) is 0 Å². The summed E-state index contributed by atoms with van der Waals surface area (Å²) in [5.74, 6) is -0.0329. The van der Waals surface area contributed by atoms with Gasteiger partial charge in [-0.05, 0) is 13.8 Å². The minimum atomic E-state index is -3.80. The SMILES string of the molecule is CN(CC(C)(C)O)S(=O)(=O)c1c(N)nc2sccn12. The summed E-state index contributed by atoms with van der Waals surface area (Å²) in [5.41, 5.74) is 4.56. The molecule has 0 aliphatic carbocycles. The molecule has 0 bridgehead atoms. The van der Waals surface area contributed by atoms with E-state index in [0.717, 1.165) is 4.31 Å². The van der Waals surface area contributed by atoms with Crippen LogP contribution >= 0.6 is 11.3 Å². The van der Waals surface area contributed by atoms with E-state index < -0.39 is 15.6 Å². The van der Waals surface area contributed by atoms with Crippen LogP contribution in [-0.4, -0.2) is 46.4 Å². The van der Waals surface area contributed by atoms with E-state index in [1.165, 1.54) is 22.8 Å². The van der Waals surface area contributed by atoms with Crippen LogP contribution in [0.15, 0.2) is 16.6 Å². The second-order valence-corrected chi connectivity index (χ2v) is 7.76. The molecule has 0 aliphatic heterocycles. The first kappa shape index (κ1) is 14.3. The fourth-order valence-electron chi connectivity index (χ4n) is 1.82. The van der Waals surface area contributed by atoms with Gasteiger partial charge in [0.2, 0.25) is 0 Å². The average Bonchev–Trinajstić information content (AvgIpc) is 2.73. The van der Waals surface area contributed by atoms with Gasteiger partial charge in [0.1, 0.15) is 0 Å². The van der Waals surface area contributed by atoms with E-state index in [1.807, 2.05) is 0 Å². The Kier molecular flexibility index (Phi) is 3.33. The molecule has 0 amide bonds. The zero-order valence-electron chi connectivity index (χ0n) is 10.9. The molecule has 106 valence electrons. The lowest BCUT2D eigenvalue weighted by Gasteiger charge is -2.24. The van der Waals surface area contributed by atoms with Crippen LogP contribution in [0.1, 0.15) is 13.8 Å². The molecular weight excluding hydrogens is 288 g/mol. The van der Waals surface area contributed by atoms with E-state index in [9.17, 15) is 13.5 Å². The third kappa shape index (κ3) is 2.59. The van der Waals surface area contributed by atoms with Gasteiger partial charge in [0.05, 0.1) is 5.60 Å². The summed E-state index contributed by atoms with van der Waals surface area (Å²) in [5, 5.41) is 11.4. The van der Waals surface area contributed by atoms with E-state index in [0.29, 0.717) is 4.96 Å². The van der Waals surface area contributed by atoms with Gasteiger partial charge in [0.15, 0.2) is 15.8 Å². The molecule has 0 aliphatic rings. The molecule has 2 aromatic heterocycles. The Morgan fingerprint density at radius 2 is 2.21 bits per heavy atom. The highest BCUT2D eigenvalue weighted by Crippen LogP contribution is 2.26. The van der Waals surface area contributed by atoms with Crippen molar-refractivity contribution in [1.29, 1.82) is 0 Å². The van der Waals surface area contributed by atoms with Crippen molar-refractivity contribution in [3.05, 3.63) is 11.6 Å². The fourth-order valence-corrected chi connectivity index (χ4v) is 4.08. The Labute approximate surface area is 115 Å². The van der Waals surface area contributed by atoms with Crippen molar-refractivity contribution in [2.75, 3.05) is 19.3 Å². The minimum absolute atomic E-state index is 0.0329. The number of nitrogens with two attached hydrogens (primary N) is 1. The van der Waals surface area contributed by atoms with E-state index >= 15 is 0 Å². The van der Waals surface area contributed by atoms with Crippen molar-refractivity contribution in [2.24, 2.45) is 0 Å². The maximum atomic E-state index is 12.5. The molecule has 19 heavy (non-hydrogen) atoms. The summed E-state index contributed by atoms with van der Waals surface area (Å²) in [6.07, 6.45) is 1.61. The Bertz CT molecular complexity index is 696. The van der Waals surface area contributed by atoms with Crippen molar-refractivity contribution < 1.29 is 13.5 Å². The summed E-state index contributed by atoms with van der Waals surface area (Å²) in [6, 6.07) is 0. The van der Waals surface area contributed by atoms with E-state index in [4.69, 9.17) is 5.73 Å². The normalized spacial score (nSPS) is 13.5. The number of nitrogens with zero attached hydrogens (tertiary/aromatic N) is 3. The number of aliphatic hydroxyl groups is 1. The van der Waals surface area contributed by atoms with Crippen molar-refractivity contribution >= 4 is 32.1 Å². The van der Waals surface area contributed by atoms with E-state index in [2.05, 4.69) is 4.98 Å². The molecule has 0 radical (unpaired) electrons. The number of fused-ring (bicyclic) bond motifs is 1. The number of likely N-dealkylation sites (N-methyl/N-ethyl adjacent to an activating group) is 1. The van der Waals surface area contributed by atoms with Gasteiger partial charge in [-0.2, -0.15) is 4.31 Å². The monoisotopic (exact) mass is 304 g/mol. The molecule has 0 unspecified atom stereocenters. The fraction of sp³-hybridized carbons (Fsp3) is 0.500. The molecule has 0 fully saturated rings. The molecule has 9 heteroatoms. The lowest BCUT2D eigenvalue weighted by molar-refractivity contribution is 0.0639. The van der Waals surface area contributed by atoms with Crippen LogP contribution in [-0.2, 0) is 10.0 Å². The first-order chi connectivity index (χ1) is 8.63. The Morgan fingerprint density at radius 1 is 1.58 bits per heavy atom. The van der Waals surface area contributed by atoms with E-state index in [1.54, 1.807) is 25.4 Å². The zero-order chi connectivity index (χ0) is 14.4. The summed E-state index contributed by atoms with van der Waals surface area (Å²) in [7, 11) is -2.40. The minimum Gasteiger partial charge on any atom is -0.389 e. The van der Waals surface area contributed by atoms with Crippen molar-refractivity contribution in [3.63, 3.8) is 0 Å². The molecule has 2 rings (SSSR count). The van der Waals surface area contributed by atoms with Crippen molar-refractivity contribution in [1.82, 2.24) is 13.7 Å². The van der Waals surface area contributed by atoms with Crippen LogP contribution < -0.4 is 5.73 Å². The number of hydrogen-bond acceptors (Lipinski definition) is 6. The van der Waals surface area contributed by atoms with Gasteiger partial charge in [0, 0.05) is 25.2 Å².